The van der Waals surface area contributed by atoms with E-state index in [4.69, 9.17) is 4.74 Å². The van der Waals surface area contributed by atoms with Gasteiger partial charge in [0.05, 0.1) is 28.6 Å². The molecule has 0 spiro atoms. The van der Waals surface area contributed by atoms with Crippen LogP contribution in [0.2, 0.25) is 0 Å². The van der Waals surface area contributed by atoms with Crippen LogP contribution in [0.25, 0.3) is 0 Å². The third-order valence-corrected chi connectivity index (χ3v) is 3.70. The Morgan fingerprint density at radius 3 is 2.12 bits per heavy atom. The number of rotatable bonds is 5. The van der Waals surface area contributed by atoms with Crippen molar-refractivity contribution in [3.8, 4) is 0 Å². The zero-order valence-corrected chi connectivity index (χ0v) is 13.3. The number of carbonyl (C=O) groups excluding carboxylic acids is 1. The number of hydrogen-bond donors (Lipinski definition) is 1. The number of amides is 1. The predicted molar refractivity (Wildman–Crippen MR) is 86.5 cm³/mol. The summed E-state index contributed by atoms with van der Waals surface area (Å²) in [6, 6.07) is 2.02. The Morgan fingerprint density at radius 2 is 1.62 bits per heavy atom. The Morgan fingerprint density at radius 1 is 1.08 bits per heavy atom. The monoisotopic (exact) mass is 363 g/mol. The van der Waals surface area contributed by atoms with Crippen LogP contribution in [0.4, 0.5) is 17.1 Å². The molecule has 1 fully saturated rings. The molecule has 3 rings (SSSR count). The summed E-state index contributed by atoms with van der Waals surface area (Å²) < 4.78 is 6.30. The lowest BCUT2D eigenvalue weighted by Gasteiger charge is -2.28. The van der Waals surface area contributed by atoms with Crippen LogP contribution in [0, 0.1) is 20.2 Å². The molecule has 1 aliphatic rings. The van der Waals surface area contributed by atoms with E-state index in [-0.39, 0.29) is 24.3 Å². The van der Waals surface area contributed by atoms with E-state index >= 15 is 0 Å². The van der Waals surface area contributed by atoms with Crippen molar-refractivity contribution < 1.29 is 19.4 Å². The van der Waals surface area contributed by atoms with E-state index in [1.165, 1.54) is 17.6 Å². The Labute approximate surface area is 145 Å². The van der Waals surface area contributed by atoms with Gasteiger partial charge in [0.2, 0.25) is 0 Å². The number of benzene rings is 1. The van der Waals surface area contributed by atoms with Crippen molar-refractivity contribution in [2.45, 2.75) is 0 Å². The predicted octanol–water partition coefficient (Wildman–Crippen LogP) is 0.315. The van der Waals surface area contributed by atoms with Gasteiger partial charge >= 0.3 is 0 Å². The zero-order valence-electron chi connectivity index (χ0n) is 13.3. The number of nitro groups is 2. The first kappa shape index (κ1) is 17.2. The Hall–Kier alpha value is -3.61. The van der Waals surface area contributed by atoms with Gasteiger partial charge in [-0.15, -0.1) is 10.2 Å². The van der Waals surface area contributed by atoms with Crippen molar-refractivity contribution in [2.75, 3.05) is 36.6 Å². The molecule has 0 aliphatic carbocycles. The molecule has 1 aromatic heterocycles. The maximum atomic E-state index is 12.3. The average molecular weight is 363 g/mol. The van der Waals surface area contributed by atoms with Crippen LogP contribution in [-0.2, 0) is 4.74 Å². The number of nitrogens with zero attached hydrogens (tertiary/aromatic N) is 6. The second kappa shape index (κ2) is 7.10. The summed E-state index contributed by atoms with van der Waals surface area (Å²) in [5.74, 6) is -0.774. The minimum Gasteiger partial charge on any atom is -0.378 e. The molecule has 2 aromatic rings. The van der Waals surface area contributed by atoms with Crippen LogP contribution in [0.5, 0.6) is 0 Å². The minimum absolute atomic E-state index is 0.135. The van der Waals surface area contributed by atoms with Crippen molar-refractivity contribution in [2.24, 2.45) is 0 Å². The lowest BCUT2D eigenvalue weighted by atomic mass is 10.1. The smallest absolute Gasteiger partial charge is 0.300 e. The van der Waals surface area contributed by atoms with E-state index in [9.17, 15) is 25.0 Å². The summed E-state index contributed by atoms with van der Waals surface area (Å²) in [4.78, 5) is 35.3. The SMILES string of the molecule is O=C(Nn1cnnc1)c1cc([N+](=O)[O-])c(N2CCOCC2)c([N+](=O)[O-])c1. The molecule has 1 N–H and O–H groups in total. The first-order valence-electron chi connectivity index (χ1n) is 7.43. The lowest BCUT2D eigenvalue weighted by Crippen LogP contribution is -2.37. The van der Waals surface area contributed by atoms with Crippen LogP contribution >= 0.6 is 0 Å². The van der Waals surface area contributed by atoms with Gasteiger partial charge in [-0.3, -0.25) is 30.4 Å². The molecule has 0 unspecified atom stereocenters. The van der Waals surface area contributed by atoms with Gasteiger partial charge in [0.15, 0.2) is 5.69 Å². The minimum atomic E-state index is -0.774. The van der Waals surface area contributed by atoms with E-state index in [2.05, 4.69) is 15.6 Å². The summed E-state index contributed by atoms with van der Waals surface area (Å²) in [7, 11) is 0. The second-order valence-corrected chi connectivity index (χ2v) is 5.29. The molecule has 1 saturated heterocycles. The first-order valence-corrected chi connectivity index (χ1v) is 7.43. The van der Waals surface area contributed by atoms with Crippen LogP contribution in [0.15, 0.2) is 24.8 Å². The summed E-state index contributed by atoms with van der Waals surface area (Å²) >= 11 is 0. The van der Waals surface area contributed by atoms with Crippen molar-refractivity contribution in [1.82, 2.24) is 14.9 Å². The largest absolute Gasteiger partial charge is 0.378 e. The Bertz CT molecular complexity index is 812. The number of nitro benzene ring substituents is 2. The van der Waals surface area contributed by atoms with Gasteiger partial charge in [-0.1, -0.05) is 0 Å². The number of ether oxygens (including phenoxy) is 1. The summed E-state index contributed by atoms with van der Waals surface area (Å²) in [5.41, 5.74) is 0.944. The van der Waals surface area contributed by atoms with E-state index in [1.54, 1.807) is 0 Å². The molecule has 1 aliphatic heterocycles. The maximum Gasteiger partial charge on any atom is 0.300 e. The van der Waals surface area contributed by atoms with Crippen molar-refractivity contribution in [1.29, 1.82) is 0 Å². The molecule has 1 amide bonds. The highest BCUT2D eigenvalue weighted by Gasteiger charge is 2.33. The van der Waals surface area contributed by atoms with Crippen LogP contribution in [0.3, 0.4) is 0 Å². The quantitative estimate of drug-likeness (QED) is 0.583. The molecule has 1 aromatic carbocycles. The molecular formula is C13H13N7O6. The topological polar surface area (TPSA) is 159 Å². The van der Waals surface area contributed by atoms with Crippen LogP contribution in [-0.4, -0.2) is 56.9 Å². The molecule has 2 heterocycles. The molecule has 0 radical (unpaired) electrons. The standard InChI is InChI=1S/C13H13N7O6/c21-13(16-18-7-14-15-8-18)9-5-10(19(22)23)12(11(6-9)20(24)25)17-1-3-26-4-2-17/h5-8H,1-4H2,(H,16,21). The highest BCUT2D eigenvalue weighted by Crippen LogP contribution is 2.39. The van der Waals surface area contributed by atoms with Gasteiger partial charge in [-0.25, -0.2) is 4.68 Å². The molecule has 26 heavy (non-hydrogen) atoms. The lowest BCUT2D eigenvalue weighted by molar-refractivity contribution is -0.392. The van der Waals surface area contributed by atoms with E-state index in [0.717, 1.165) is 16.8 Å². The Kier molecular flexibility index (Phi) is 4.70. The highest BCUT2D eigenvalue weighted by molar-refractivity contribution is 6.02. The highest BCUT2D eigenvalue weighted by atomic mass is 16.6. The summed E-state index contributed by atoms with van der Waals surface area (Å²) in [6.45, 7) is 1.14. The molecule has 0 saturated carbocycles. The fraction of sp³-hybridized carbons (Fsp3) is 0.308. The van der Waals surface area contributed by atoms with E-state index in [0.29, 0.717) is 13.2 Å². The summed E-state index contributed by atoms with van der Waals surface area (Å²) in [6.07, 6.45) is 2.39. The van der Waals surface area contributed by atoms with Crippen molar-refractivity contribution >= 4 is 23.0 Å². The van der Waals surface area contributed by atoms with Crippen molar-refractivity contribution in [3.05, 3.63) is 50.6 Å². The van der Waals surface area contributed by atoms with Gasteiger partial charge in [-0.05, 0) is 0 Å². The number of carbonyl (C=O) groups is 1. The molecule has 0 bridgehead atoms. The average Bonchev–Trinajstić information content (AvgIpc) is 3.14. The number of anilines is 1. The van der Waals surface area contributed by atoms with Crippen LogP contribution in [0.1, 0.15) is 10.4 Å². The molecule has 0 atom stereocenters. The van der Waals surface area contributed by atoms with Gasteiger partial charge in [0.25, 0.3) is 17.3 Å². The number of nitrogens with one attached hydrogen (secondary N) is 1. The van der Waals surface area contributed by atoms with E-state index in [1.807, 2.05) is 0 Å². The Balaban J connectivity index is 2.06. The third-order valence-electron chi connectivity index (χ3n) is 3.70. The number of morpholine rings is 1. The molecule has 136 valence electrons. The zero-order chi connectivity index (χ0) is 18.7. The van der Waals surface area contributed by atoms with Crippen LogP contribution < -0.4 is 10.3 Å². The number of aromatic nitrogens is 3. The van der Waals surface area contributed by atoms with Gasteiger partial charge in [0.1, 0.15) is 12.7 Å². The summed E-state index contributed by atoms with van der Waals surface area (Å²) in [5, 5.41) is 30.0. The van der Waals surface area contributed by atoms with Gasteiger partial charge < -0.3 is 9.64 Å². The molecule has 13 heteroatoms. The second-order valence-electron chi connectivity index (χ2n) is 5.29. The van der Waals surface area contributed by atoms with Gasteiger partial charge in [-0.2, -0.15) is 0 Å². The van der Waals surface area contributed by atoms with Gasteiger partial charge in [0, 0.05) is 25.2 Å². The van der Waals surface area contributed by atoms with Crippen molar-refractivity contribution in [3.63, 3.8) is 0 Å². The first-order chi connectivity index (χ1) is 12.5. The fourth-order valence-electron chi connectivity index (χ4n) is 2.56. The maximum absolute atomic E-state index is 12.3. The molecular weight excluding hydrogens is 350 g/mol. The van der Waals surface area contributed by atoms with E-state index < -0.39 is 27.1 Å². The number of hydrogen-bond acceptors (Lipinski definition) is 9. The normalized spacial score (nSPS) is 14.1. The third kappa shape index (κ3) is 3.41. The molecule has 13 nitrogen and oxygen atoms in total. The fourth-order valence-corrected chi connectivity index (χ4v) is 2.56.